The number of imidazole rings is 1. The zero-order chi connectivity index (χ0) is 10.7. The number of hydrogen-bond donors (Lipinski definition) is 1. The van der Waals surface area contributed by atoms with Crippen LogP contribution in [0.1, 0.15) is 50.8 Å². The molecule has 2 N–H and O–H groups in total. The lowest BCUT2D eigenvalue weighted by atomic mass is 9.89. The van der Waals surface area contributed by atoms with Crippen molar-refractivity contribution in [3.63, 3.8) is 0 Å². The fraction of sp³-hybridized carbons (Fsp3) is 0.750. The van der Waals surface area contributed by atoms with E-state index >= 15 is 0 Å². The molecule has 1 aliphatic rings. The minimum atomic E-state index is 0.0936. The largest absolute Gasteiger partial charge is 0.333 e. The average molecular weight is 207 g/mol. The molecule has 3 heteroatoms. The number of aromatic nitrogens is 2. The molecule has 0 radical (unpaired) electrons. The van der Waals surface area contributed by atoms with Crippen molar-refractivity contribution >= 4 is 0 Å². The fourth-order valence-electron chi connectivity index (χ4n) is 2.51. The highest BCUT2D eigenvalue weighted by atomic mass is 15.1. The van der Waals surface area contributed by atoms with Gasteiger partial charge in [-0.2, -0.15) is 0 Å². The van der Waals surface area contributed by atoms with Gasteiger partial charge in [-0.15, -0.1) is 0 Å². The maximum absolute atomic E-state index is 5.90. The van der Waals surface area contributed by atoms with Gasteiger partial charge in [0, 0.05) is 18.8 Å². The molecular formula is C12H21N3. The van der Waals surface area contributed by atoms with Crippen molar-refractivity contribution in [2.45, 2.75) is 51.6 Å². The van der Waals surface area contributed by atoms with Gasteiger partial charge in [0.05, 0.1) is 12.0 Å². The van der Waals surface area contributed by atoms with Crippen LogP contribution in [0.2, 0.25) is 0 Å². The first-order valence-electron chi connectivity index (χ1n) is 6.03. The Kier molecular flexibility index (Phi) is 3.41. The summed E-state index contributed by atoms with van der Waals surface area (Å²) in [7, 11) is 0. The molecule has 3 nitrogen and oxygen atoms in total. The van der Waals surface area contributed by atoms with Gasteiger partial charge in [-0.25, -0.2) is 4.98 Å². The normalized spacial score (nSPS) is 20.4. The van der Waals surface area contributed by atoms with Gasteiger partial charge in [0.25, 0.3) is 0 Å². The second kappa shape index (κ2) is 4.79. The minimum absolute atomic E-state index is 0.0936. The van der Waals surface area contributed by atoms with Crippen LogP contribution in [0.3, 0.4) is 0 Å². The van der Waals surface area contributed by atoms with Crippen molar-refractivity contribution in [3.8, 4) is 0 Å². The van der Waals surface area contributed by atoms with Crippen LogP contribution in [0.15, 0.2) is 12.5 Å². The molecule has 1 heterocycles. The van der Waals surface area contributed by atoms with Crippen LogP contribution in [-0.2, 0) is 6.54 Å². The lowest BCUT2D eigenvalue weighted by molar-refractivity contribution is 0.315. The summed E-state index contributed by atoms with van der Waals surface area (Å²) in [6.07, 6.45) is 10.8. The summed E-state index contributed by atoms with van der Waals surface area (Å²) in [6.45, 7) is 3.13. The first kappa shape index (κ1) is 10.7. The van der Waals surface area contributed by atoms with Crippen molar-refractivity contribution in [1.82, 2.24) is 9.55 Å². The topological polar surface area (TPSA) is 43.8 Å². The summed E-state index contributed by atoms with van der Waals surface area (Å²) in [5.74, 6) is 0.838. The number of nitrogens with two attached hydrogens (primary N) is 1. The van der Waals surface area contributed by atoms with E-state index < -0.39 is 0 Å². The van der Waals surface area contributed by atoms with Gasteiger partial charge in [-0.3, -0.25) is 0 Å². The predicted molar refractivity (Wildman–Crippen MR) is 61.4 cm³/mol. The zero-order valence-corrected chi connectivity index (χ0v) is 9.52. The first-order valence-corrected chi connectivity index (χ1v) is 6.03. The Morgan fingerprint density at radius 2 is 2.20 bits per heavy atom. The summed E-state index contributed by atoms with van der Waals surface area (Å²) in [5, 5.41) is 0. The van der Waals surface area contributed by atoms with E-state index in [1.807, 2.05) is 19.4 Å². The van der Waals surface area contributed by atoms with Crippen LogP contribution in [0.25, 0.3) is 0 Å². The SMILES string of the molecule is C[C@@H](N)c1cncn1CC1CCCCC1. The second-order valence-corrected chi connectivity index (χ2v) is 4.76. The molecular weight excluding hydrogens is 186 g/mol. The molecule has 0 saturated heterocycles. The summed E-state index contributed by atoms with van der Waals surface area (Å²) in [5.41, 5.74) is 7.07. The molecule has 0 spiro atoms. The molecule has 2 rings (SSSR count). The lowest BCUT2D eigenvalue weighted by Crippen LogP contribution is -2.18. The van der Waals surface area contributed by atoms with E-state index in [0.29, 0.717) is 0 Å². The molecule has 1 fully saturated rings. The van der Waals surface area contributed by atoms with Crippen molar-refractivity contribution in [2.75, 3.05) is 0 Å². The van der Waals surface area contributed by atoms with E-state index in [9.17, 15) is 0 Å². The van der Waals surface area contributed by atoms with Crippen LogP contribution in [0.4, 0.5) is 0 Å². The maximum atomic E-state index is 5.90. The number of hydrogen-bond acceptors (Lipinski definition) is 2. The molecule has 0 aromatic carbocycles. The molecule has 0 bridgehead atoms. The Labute approximate surface area is 91.7 Å². The molecule has 0 unspecified atom stereocenters. The third-order valence-electron chi connectivity index (χ3n) is 3.39. The van der Waals surface area contributed by atoms with E-state index in [-0.39, 0.29) is 6.04 Å². The average Bonchev–Trinajstić information content (AvgIpc) is 2.67. The second-order valence-electron chi connectivity index (χ2n) is 4.76. The third-order valence-corrected chi connectivity index (χ3v) is 3.39. The molecule has 0 aliphatic heterocycles. The number of rotatable bonds is 3. The standard InChI is InChI=1S/C12H21N3/c1-10(13)12-7-14-9-15(12)8-11-5-3-2-4-6-11/h7,9-11H,2-6,8,13H2,1H3/t10-/m1/s1. The molecule has 1 atom stereocenters. The highest BCUT2D eigenvalue weighted by Gasteiger charge is 2.15. The van der Waals surface area contributed by atoms with Crippen LogP contribution < -0.4 is 5.73 Å². The summed E-state index contributed by atoms with van der Waals surface area (Å²) in [4.78, 5) is 4.19. The molecule has 1 aliphatic carbocycles. The van der Waals surface area contributed by atoms with Gasteiger partial charge < -0.3 is 10.3 Å². The van der Waals surface area contributed by atoms with Gasteiger partial charge in [0.1, 0.15) is 0 Å². The molecule has 0 amide bonds. The fourth-order valence-corrected chi connectivity index (χ4v) is 2.51. The Morgan fingerprint density at radius 1 is 1.47 bits per heavy atom. The quantitative estimate of drug-likeness (QED) is 0.827. The van der Waals surface area contributed by atoms with Gasteiger partial charge in [-0.05, 0) is 25.7 Å². The van der Waals surface area contributed by atoms with Gasteiger partial charge >= 0.3 is 0 Å². The predicted octanol–water partition coefficient (Wildman–Crippen LogP) is 2.48. The highest BCUT2D eigenvalue weighted by molar-refractivity contribution is 5.03. The van der Waals surface area contributed by atoms with Crippen LogP contribution in [-0.4, -0.2) is 9.55 Å². The molecule has 1 aromatic heterocycles. The van der Waals surface area contributed by atoms with Crippen LogP contribution in [0, 0.1) is 5.92 Å². The van der Waals surface area contributed by atoms with Crippen molar-refractivity contribution in [2.24, 2.45) is 11.7 Å². The molecule has 84 valence electrons. The lowest BCUT2D eigenvalue weighted by Gasteiger charge is -2.23. The van der Waals surface area contributed by atoms with Gasteiger partial charge in [0.15, 0.2) is 0 Å². The van der Waals surface area contributed by atoms with E-state index in [4.69, 9.17) is 5.73 Å². The van der Waals surface area contributed by atoms with Gasteiger partial charge in [-0.1, -0.05) is 19.3 Å². The van der Waals surface area contributed by atoms with E-state index in [0.717, 1.165) is 12.5 Å². The van der Waals surface area contributed by atoms with Crippen LogP contribution >= 0.6 is 0 Å². The summed E-state index contributed by atoms with van der Waals surface area (Å²) < 4.78 is 2.24. The van der Waals surface area contributed by atoms with E-state index in [1.54, 1.807) is 0 Å². The Bertz CT molecular complexity index is 298. The number of nitrogens with zero attached hydrogens (tertiary/aromatic N) is 2. The molecule has 1 saturated carbocycles. The van der Waals surface area contributed by atoms with Crippen molar-refractivity contribution in [1.29, 1.82) is 0 Å². The van der Waals surface area contributed by atoms with Crippen molar-refractivity contribution in [3.05, 3.63) is 18.2 Å². The Balaban J connectivity index is 1.99. The highest BCUT2D eigenvalue weighted by Crippen LogP contribution is 2.25. The monoisotopic (exact) mass is 207 g/mol. The zero-order valence-electron chi connectivity index (χ0n) is 9.52. The Morgan fingerprint density at radius 3 is 2.87 bits per heavy atom. The molecule has 1 aromatic rings. The minimum Gasteiger partial charge on any atom is -0.333 e. The van der Waals surface area contributed by atoms with E-state index in [2.05, 4.69) is 9.55 Å². The third kappa shape index (κ3) is 2.59. The maximum Gasteiger partial charge on any atom is 0.0948 e. The van der Waals surface area contributed by atoms with Crippen LogP contribution in [0.5, 0.6) is 0 Å². The summed E-state index contributed by atoms with van der Waals surface area (Å²) in [6, 6.07) is 0.0936. The summed E-state index contributed by atoms with van der Waals surface area (Å²) >= 11 is 0. The first-order chi connectivity index (χ1) is 7.27. The Hall–Kier alpha value is -0.830. The van der Waals surface area contributed by atoms with Crippen molar-refractivity contribution < 1.29 is 0 Å². The van der Waals surface area contributed by atoms with E-state index in [1.165, 1.54) is 37.8 Å². The van der Waals surface area contributed by atoms with Gasteiger partial charge in [0.2, 0.25) is 0 Å². The molecule has 15 heavy (non-hydrogen) atoms. The smallest absolute Gasteiger partial charge is 0.0948 e.